The van der Waals surface area contributed by atoms with Crippen molar-refractivity contribution in [2.75, 3.05) is 0 Å². The highest BCUT2D eigenvalue weighted by atomic mass is 19.1. The zero-order chi connectivity index (χ0) is 32.3. The summed E-state index contributed by atoms with van der Waals surface area (Å²) in [6, 6.07) is 14.4. The van der Waals surface area contributed by atoms with Crippen LogP contribution >= 0.6 is 0 Å². The van der Waals surface area contributed by atoms with Crippen LogP contribution in [-0.4, -0.2) is 36.8 Å². The van der Waals surface area contributed by atoms with Gasteiger partial charge < -0.3 is 10.1 Å². The number of benzene rings is 2. The molecule has 0 aliphatic heterocycles. The van der Waals surface area contributed by atoms with Gasteiger partial charge in [0.2, 0.25) is 0 Å². The molecular formula is C34H38FN5O5. The van der Waals surface area contributed by atoms with Crippen LogP contribution in [0.4, 0.5) is 9.18 Å². The number of nitrogens with zero attached hydrogens (tertiary/aromatic N) is 3. The van der Waals surface area contributed by atoms with E-state index >= 15 is 4.39 Å². The van der Waals surface area contributed by atoms with Gasteiger partial charge in [-0.1, -0.05) is 37.1 Å². The van der Waals surface area contributed by atoms with E-state index in [2.05, 4.69) is 15.4 Å². The quantitative estimate of drug-likeness (QED) is 0.218. The molecule has 1 atom stereocenters. The van der Waals surface area contributed by atoms with Crippen molar-refractivity contribution in [1.82, 2.24) is 24.6 Å². The van der Waals surface area contributed by atoms with E-state index < -0.39 is 34.8 Å². The summed E-state index contributed by atoms with van der Waals surface area (Å²) >= 11 is 0. The lowest BCUT2D eigenvalue weighted by Crippen LogP contribution is -2.32. The summed E-state index contributed by atoms with van der Waals surface area (Å²) in [6.45, 7) is 7.35. The van der Waals surface area contributed by atoms with Gasteiger partial charge in [0, 0.05) is 25.2 Å². The highest BCUT2D eigenvalue weighted by Gasteiger charge is 2.26. The fourth-order valence-corrected chi connectivity index (χ4v) is 5.32. The summed E-state index contributed by atoms with van der Waals surface area (Å²) in [5.74, 6) is -0.262. The minimum absolute atomic E-state index is 0.201. The molecular weight excluding hydrogens is 577 g/mol. The van der Waals surface area contributed by atoms with E-state index in [1.54, 1.807) is 58.0 Å². The molecule has 0 spiro atoms. The maximum absolute atomic E-state index is 15.2. The molecule has 2 aromatic carbocycles. The molecule has 5 rings (SSSR count). The number of H-pyrrole nitrogens is 1. The first-order valence-electron chi connectivity index (χ1n) is 15.1. The summed E-state index contributed by atoms with van der Waals surface area (Å²) < 4.78 is 23.5. The minimum atomic E-state index is -0.621. The molecule has 1 fully saturated rings. The molecule has 1 unspecified atom stereocenters. The van der Waals surface area contributed by atoms with Gasteiger partial charge in [0.05, 0.1) is 17.4 Å². The predicted molar refractivity (Wildman–Crippen MR) is 167 cm³/mol. The number of rotatable bonds is 11. The van der Waals surface area contributed by atoms with Crippen molar-refractivity contribution in [2.45, 2.75) is 78.0 Å². The Morgan fingerprint density at radius 1 is 1.11 bits per heavy atom. The van der Waals surface area contributed by atoms with E-state index in [1.165, 1.54) is 27.6 Å². The second-order valence-corrected chi connectivity index (χ2v) is 12.6. The van der Waals surface area contributed by atoms with E-state index in [0.717, 1.165) is 24.8 Å². The van der Waals surface area contributed by atoms with Gasteiger partial charge in [-0.05, 0) is 87.4 Å². The summed E-state index contributed by atoms with van der Waals surface area (Å²) in [5.41, 5.74) is 1.53. The lowest BCUT2D eigenvalue weighted by molar-refractivity contribution is 0.0523. The second kappa shape index (κ2) is 13.1. The molecule has 0 radical (unpaired) electrons. The Labute approximate surface area is 260 Å². The number of halogens is 1. The number of ether oxygens (including phenoxy) is 1. The Morgan fingerprint density at radius 2 is 1.89 bits per heavy atom. The molecule has 2 aromatic heterocycles. The van der Waals surface area contributed by atoms with Gasteiger partial charge in [0.15, 0.2) is 5.78 Å². The van der Waals surface area contributed by atoms with Gasteiger partial charge in [0.25, 0.3) is 5.56 Å². The standard InChI is InChI=1S/C34H38FN5O5/c1-21-16-29(40(38-21)26-7-5-6-23(17-26)20-36-33(44)45-34(2,3)4)30(41)19-25-18-24(11-12-27(25)35)28(13-10-22-8-9-22)39-15-14-31(42)37-32(39)43/h5-7,11-12,14-18,22,28H,8-10,13,19-20H2,1-4H3,(H,36,44)(H,37,42,43). The predicted octanol–water partition coefficient (Wildman–Crippen LogP) is 5.40. The van der Waals surface area contributed by atoms with Crippen LogP contribution in [0, 0.1) is 18.7 Å². The molecule has 1 amide bonds. The van der Waals surface area contributed by atoms with E-state index in [0.29, 0.717) is 29.3 Å². The van der Waals surface area contributed by atoms with E-state index in [9.17, 15) is 19.2 Å². The van der Waals surface area contributed by atoms with Crippen LogP contribution in [0.1, 0.15) is 85.4 Å². The number of aromatic nitrogens is 4. The zero-order valence-electron chi connectivity index (χ0n) is 25.9. The lowest BCUT2D eigenvalue weighted by Gasteiger charge is -2.21. The van der Waals surface area contributed by atoms with Crippen LogP contribution in [-0.2, 0) is 17.7 Å². The van der Waals surface area contributed by atoms with Gasteiger partial charge in [0.1, 0.15) is 17.1 Å². The van der Waals surface area contributed by atoms with Crippen molar-refractivity contribution in [1.29, 1.82) is 0 Å². The number of ketones is 1. The van der Waals surface area contributed by atoms with Gasteiger partial charge in [-0.2, -0.15) is 5.10 Å². The summed E-state index contributed by atoms with van der Waals surface area (Å²) in [6.07, 6.45) is 4.53. The molecule has 11 heteroatoms. The zero-order valence-corrected chi connectivity index (χ0v) is 25.9. The molecule has 0 bridgehead atoms. The van der Waals surface area contributed by atoms with Crippen LogP contribution in [0.25, 0.3) is 5.69 Å². The number of carbonyl (C=O) groups is 2. The minimum Gasteiger partial charge on any atom is -0.444 e. The number of carbonyl (C=O) groups excluding carboxylic acids is 2. The number of hydrogen-bond donors (Lipinski definition) is 2. The van der Waals surface area contributed by atoms with E-state index in [4.69, 9.17) is 4.74 Å². The SMILES string of the molecule is Cc1cc(C(=O)Cc2cc(C(CCC3CC3)n3ccc(=O)[nH]c3=O)ccc2F)n(-c2cccc(CNC(=O)OC(C)(C)C)c2)n1. The van der Waals surface area contributed by atoms with Crippen LogP contribution in [0.2, 0.25) is 0 Å². The Hall–Kier alpha value is -4.80. The van der Waals surface area contributed by atoms with Crippen molar-refractivity contribution in [3.8, 4) is 5.69 Å². The fourth-order valence-electron chi connectivity index (χ4n) is 5.32. The van der Waals surface area contributed by atoms with Gasteiger partial charge in [-0.3, -0.25) is 19.1 Å². The first-order chi connectivity index (χ1) is 21.4. The van der Waals surface area contributed by atoms with Gasteiger partial charge in [-0.25, -0.2) is 18.7 Å². The van der Waals surface area contributed by atoms with Crippen LogP contribution in [0.5, 0.6) is 0 Å². The second-order valence-electron chi connectivity index (χ2n) is 12.6. The average Bonchev–Trinajstić information content (AvgIpc) is 3.72. The maximum atomic E-state index is 15.2. The topological polar surface area (TPSA) is 128 Å². The Morgan fingerprint density at radius 3 is 2.60 bits per heavy atom. The summed E-state index contributed by atoms with van der Waals surface area (Å²) in [4.78, 5) is 52.5. The number of alkyl carbamates (subject to hydrolysis) is 1. The van der Waals surface area contributed by atoms with Crippen LogP contribution < -0.4 is 16.6 Å². The number of amides is 1. The molecule has 45 heavy (non-hydrogen) atoms. The monoisotopic (exact) mass is 615 g/mol. The maximum Gasteiger partial charge on any atom is 0.407 e. The number of nitrogens with one attached hydrogen (secondary N) is 2. The van der Waals surface area contributed by atoms with Crippen molar-refractivity contribution < 1.29 is 18.7 Å². The third kappa shape index (κ3) is 8.23. The first-order valence-corrected chi connectivity index (χ1v) is 15.1. The van der Waals surface area contributed by atoms with Crippen molar-refractivity contribution in [2.24, 2.45) is 5.92 Å². The third-order valence-corrected chi connectivity index (χ3v) is 7.65. The Balaban J connectivity index is 1.38. The molecule has 1 aliphatic carbocycles. The molecule has 236 valence electrons. The van der Waals surface area contributed by atoms with E-state index in [-0.39, 0.29) is 30.0 Å². The van der Waals surface area contributed by atoms with Gasteiger partial charge in [-0.15, -0.1) is 0 Å². The van der Waals surface area contributed by atoms with E-state index in [1.807, 2.05) is 12.1 Å². The largest absolute Gasteiger partial charge is 0.444 e. The smallest absolute Gasteiger partial charge is 0.407 e. The number of aryl methyl sites for hydroxylation is 1. The molecule has 2 heterocycles. The number of aromatic amines is 1. The number of hydrogen-bond acceptors (Lipinski definition) is 6. The summed E-state index contributed by atoms with van der Waals surface area (Å²) in [7, 11) is 0. The highest BCUT2D eigenvalue weighted by Crippen LogP contribution is 2.37. The van der Waals surface area contributed by atoms with Crippen LogP contribution in [0.15, 0.2) is 70.4 Å². The highest BCUT2D eigenvalue weighted by molar-refractivity contribution is 5.96. The Kier molecular flexibility index (Phi) is 9.17. The molecule has 4 aromatic rings. The Bertz CT molecular complexity index is 1830. The average molecular weight is 616 g/mol. The lowest BCUT2D eigenvalue weighted by atomic mass is 9.96. The molecule has 10 nitrogen and oxygen atoms in total. The summed E-state index contributed by atoms with van der Waals surface area (Å²) in [5, 5.41) is 7.25. The van der Waals surface area contributed by atoms with Crippen LogP contribution in [0.3, 0.4) is 0 Å². The van der Waals surface area contributed by atoms with Gasteiger partial charge >= 0.3 is 11.8 Å². The molecule has 2 N–H and O–H groups in total. The number of Topliss-reactive ketones (excluding diaryl/α,β-unsaturated/α-hetero) is 1. The first kappa shape index (κ1) is 31.6. The third-order valence-electron chi connectivity index (χ3n) is 7.65. The fraction of sp³-hybridized carbons (Fsp3) is 0.382. The van der Waals surface area contributed by atoms with Crippen molar-refractivity contribution in [3.63, 3.8) is 0 Å². The normalized spacial score (nSPS) is 13.8. The molecule has 0 saturated heterocycles. The molecule has 1 saturated carbocycles. The van der Waals surface area contributed by atoms with Crippen molar-refractivity contribution in [3.05, 3.63) is 116 Å². The molecule has 1 aliphatic rings. The van der Waals surface area contributed by atoms with Crippen molar-refractivity contribution >= 4 is 11.9 Å².